The molecule has 3 nitrogen and oxygen atoms in total. The molecule has 4 heteroatoms. The highest BCUT2D eigenvalue weighted by atomic mass is 32.2. The molecule has 1 aliphatic carbocycles. The fraction of sp³-hybridized carbons (Fsp3) is 0.857. The Labute approximate surface area is 66.7 Å². The Hall–Kier alpha value is -0.380. The molecule has 1 rings (SSSR count). The Morgan fingerprint density at radius 2 is 2.00 bits per heavy atom. The first kappa shape index (κ1) is 8.71. The molecule has 0 N–H and O–H groups in total. The molecule has 0 unspecified atom stereocenters. The number of hydrogen-bond acceptors (Lipinski definition) is 3. The zero-order valence-corrected chi connectivity index (χ0v) is 7.36. The Kier molecular flexibility index (Phi) is 2.32. The third-order valence-corrected chi connectivity index (χ3v) is 2.77. The summed E-state index contributed by atoms with van der Waals surface area (Å²) in [5.41, 5.74) is 0. The van der Waals surface area contributed by atoms with Gasteiger partial charge in [-0.05, 0) is 12.8 Å². The summed E-state index contributed by atoms with van der Waals surface area (Å²) in [5.74, 6) is -0.319. The third kappa shape index (κ3) is 2.61. The van der Waals surface area contributed by atoms with E-state index in [9.17, 15) is 13.2 Å². The molecule has 0 bridgehead atoms. The van der Waals surface area contributed by atoms with E-state index in [1.807, 2.05) is 0 Å². The summed E-state index contributed by atoms with van der Waals surface area (Å²) in [6.45, 7) is 0. The summed E-state index contributed by atoms with van der Waals surface area (Å²) in [5, 5.41) is 0. The molecule has 1 saturated carbocycles. The molecule has 1 aliphatic rings. The van der Waals surface area contributed by atoms with Crippen LogP contribution < -0.4 is 0 Å². The standard InChI is InChI=1S/C7H12O3S/c1-11(9,10)5-7(8)6-3-2-4-6/h6H,2-5H2,1H3. The summed E-state index contributed by atoms with van der Waals surface area (Å²) < 4.78 is 21.3. The maximum Gasteiger partial charge on any atom is 0.154 e. The second-order valence-corrected chi connectivity index (χ2v) is 5.30. The highest BCUT2D eigenvalue weighted by Gasteiger charge is 2.27. The van der Waals surface area contributed by atoms with E-state index in [2.05, 4.69) is 0 Å². The lowest BCUT2D eigenvalue weighted by atomic mass is 9.83. The molecule has 0 atom stereocenters. The number of ketones is 1. The summed E-state index contributed by atoms with van der Waals surface area (Å²) in [7, 11) is -3.09. The molecule has 1 fully saturated rings. The van der Waals surface area contributed by atoms with Crippen LogP contribution in [0.2, 0.25) is 0 Å². The summed E-state index contributed by atoms with van der Waals surface area (Å²) in [6.07, 6.45) is 3.94. The largest absolute Gasteiger partial charge is 0.298 e. The topological polar surface area (TPSA) is 51.2 Å². The molecule has 0 aliphatic heterocycles. The SMILES string of the molecule is CS(=O)(=O)CC(=O)C1CCC1. The van der Waals surface area contributed by atoms with E-state index >= 15 is 0 Å². The minimum Gasteiger partial charge on any atom is -0.298 e. The number of hydrogen-bond donors (Lipinski definition) is 0. The first-order valence-corrected chi connectivity index (χ1v) is 5.75. The van der Waals surface area contributed by atoms with Crippen LogP contribution in [0.25, 0.3) is 0 Å². The van der Waals surface area contributed by atoms with Crippen molar-refractivity contribution in [3.05, 3.63) is 0 Å². The highest BCUT2D eigenvalue weighted by molar-refractivity contribution is 7.91. The fourth-order valence-corrected chi connectivity index (χ4v) is 1.86. The molecular formula is C7H12O3S. The lowest BCUT2D eigenvalue weighted by Gasteiger charge is -2.23. The van der Waals surface area contributed by atoms with Gasteiger partial charge in [0.1, 0.15) is 5.75 Å². The molecule has 0 aromatic carbocycles. The summed E-state index contributed by atoms with van der Waals surface area (Å²) in [6, 6.07) is 0. The van der Waals surface area contributed by atoms with Gasteiger partial charge in [-0.3, -0.25) is 4.79 Å². The lowest BCUT2D eigenvalue weighted by Crippen LogP contribution is -2.27. The first-order valence-electron chi connectivity index (χ1n) is 3.69. The molecule has 0 spiro atoms. The van der Waals surface area contributed by atoms with Crippen LogP contribution in [0, 0.1) is 5.92 Å². The third-order valence-electron chi connectivity index (χ3n) is 1.96. The Bertz CT molecular complexity index is 249. The highest BCUT2D eigenvalue weighted by Crippen LogP contribution is 2.27. The van der Waals surface area contributed by atoms with Gasteiger partial charge in [-0.25, -0.2) is 8.42 Å². The zero-order chi connectivity index (χ0) is 8.48. The zero-order valence-electron chi connectivity index (χ0n) is 6.54. The van der Waals surface area contributed by atoms with Gasteiger partial charge in [0.15, 0.2) is 15.6 Å². The predicted octanol–water partition coefficient (Wildman–Crippen LogP) is 0.400. The van der Waals surface area contributed by atoms with Gasteiger partial charge >= 0.3 is 0 Å². The predicted molar refractivity (Wildman–Crippen MR) is 42.1 cm³/mol. The average Bonchev–Trinajstić information content (AvgIpc) is 1.50. The normalized spacial score (nSPS) is 19.4. The van der Waals surface area contributed by atoms with Crippen LogP contribution in [0.4, 0.5) is 0 Å². The molecule has 0 aromatic heterocycles. The summed E-state index contributed by atoms with van der Waals surface area (Å²) >= 11 is 0. The molecule has 11 heavy (non-hydrogen) atoms. The van der Waals surface area contributed by atoms with Crippen LogP contribution in [0.15, 0.2) is 0 Å². The minimum atomic E-state index is -3.09. The van der Waals surface area contributed by atoms with Crippen LogP contribution >= 0.6 is 0 Å². The average molecular weight is 176 g/mol. The Balaban J connectivity index is 2.43. The van der Waals surface area contributed by atoms with Crippen molar-refractivity contribution in [2.45, 2.75) is 19.3 Å². The van der Waals surface area contributed by atoms with Crippen LogP contribution in [0.5, 0.6) is 0 Å². The Morgan fingerprint density at radius 1 is 1.45 bits per heavy atom. The van der Waals surface area contributed by atoms with E-state index in [-0.39, 0.29) is 17.5 Å². The monoisotopic (exact) mass is 176 g/mol. The number of carbonyl (C=O) groups is 1. The Morgan fingerprint density at radius 3 is 2.27 bits per heavy atom. The number of rotatable bonds is 3. The van der Waals surface area contributed by atoms with Crippen LogP contribution in [0.1, 0.15) is 19.3 Å². The van der Waals surface area contributed by atoms with Gasteiger partial charge in [0.05, 0.1) is 0 Å². The van der Waals surface area contributed by atoms with E-state index in [0.29, 0.717) is 0 Å². The molecule has 0 heterocycles. The van der Waals surface area contributed by atoms with Gasteiger partial charge in [-0.2, -0.15) is 0 Å². The van der Waals surface area contributed by atoms with E-state index in [4.69, 9.17) is 0 Å². The van der Waals surface area contributed by atoms with Crippen molar-refractivity contribution in [1.82, 2.24) is 0 Å². The van der Waals surface area contributed by atoms with Gasteiger partial charge < -0.3 is 0 Å². The van der Waals surface area contributed by atoms with Gasteiger partial charge in [0.25, 0.3) is 0 Å². The van der Waals surface area contributed by atoms with Crippen LogP contribution in [-0.2, 0) is 14.6 Å². The molecule has 0 aromatic rings. The van der Waals surface area contributed by atoms with Crippen molar-refractivity contribution in [2.24, 2.45) is 5.92 Å². The molecule has 64 valence electrons. The van der Waals surface area contributed by atoms with Crippen molar-refractivity contribution in [1.29, 1.82) is 0 Å². The van der Waals surface area contributed by atoms with Crippen molar-refractivity contribution in [3.8, 4) is 0 Å². The molecular weight excluding hydrogens is 164 g/mol. The molecule has 0 radical (unpaired) electrons. The van der Waals surface area contributed by atoms with E-state index in [1.54, 1.807) is 0 Å². The van der Waals surface area contributed by atoms with E-state index in [1.165, 1.54) is 0 Å². The number of carbonyl (C=O) groups excluding carboxylic acids is 1. The quantitative estimate of drug-likeness (QED) is 0.625. The fourth-order valence-electron chi connectivity index (χ4n) is 1.11. The van der Waals surface area contributed by atoms with Gasteiger partial charge in [-0.15, -0.1) is 0 Å². The van der Waals surface area contributed by atoms with Gasteiger partial charge in [-0.1, -0.05) is 6.42 Å². The van der Waals surface area contributed by atoms with Crippen LogP contribution in [0.3, 0.4) is 0 Å². The summed E-state index contributed by atoms with van der Waals surface area (Å²) in [4.78, 5) is 11.1. The molecule has 0 amide bonds. The van der Waals surface area contributed by atoms with Gasteiger partial charge in [0.2, 0.25) is 0 Å². The molecule has 0 saturated heterocycles. The minimum absolute atomic E-state index is 0.0460. The lowest BCUT2D eigenvalue weighted by molar-refractivity contribution is -0.122. The van der Waals surface area contributed by atoms with Crippen molar-refractivity contribution >= 4 is 15.6 Å². The van der Waals surface area contributed by atoms with Crippen molar-refractivity contribution in [2.75, 3.05) is 12.0 Å². The first-order chi connectivity index (χ1) is 4.99. The smallest absolute Gasteiger partial charge is 0.154 e. The van der Waals surface area contributed by atoms with Crippen molar-refractivity contribution < 1.29 is 13.2 Å². The maximum atomic E-state index is 11.1. The van der Waals surface area contributed by atoms with E-state index in [0.717, 1.165) is 25.5 Å². The van der Waals surface area contributed by atoms with Gasteiger partial charge in [0, 0.05) is 12.2 Å². The second kappa shape index (κ2) is 2.93. The number of sulfone groups is 1. The van der Waals surface area contributed by atoms with Crippen LogP contribution in [-0.4, -0.2) is 26.2 Å². The maximum absolute atomic E-state index is 11.1. The number of Topliss-reactive ketones (excluding diaryl/α,β-unsaturated/α-hetero) is 1. The van der Waals surface area contributed by atoms with Crippen molar-refractivity contribution in [3.63, 3.8) is 0 Å². The second-order valence-electron chi connectivity index (χ2n) is 3.16. The van der Waals surface area contributed by atoms with E-state index < -0.39 is 9.84 Å².